The van der Waals surface area contributed by atoms with E-state index in [1.165, 1.54) is 0 Å². The second-order valence-electron chi connectivity index (χ2n) is 3.52. The van der Waals surface area contributed by atoms with Gasteiger partial charge in [-0.3, -0.25) is 0 Å². The molecule has 1 N–H and O–H groups in total. The van der Waals surface area contributed by atoms with E-state index in [-0.39, 0.29) is 0 Å². The number of ether oxygens (including phenoxy) is 1. The van der Waals surface area contributed by atoms with Crippen LogP contribution in [0.3, 0.4) is 0 Å². The Morgan fingerprint density at radius 2 is 2.31 bits per heavy atom. The zero-order valence-electron chi connectivity index (χ0n) is 10.1. The molecule has 0 bridgehead atoms. The molecule has 1 rings (SSSR count). The summed E-state index contributed by atoms with van der Waals surface area (Å²) >= 11 is 0. The largest absolute Gasteiger partial charge is 0.473 e. The number of nitrogens with one attached hydrogen (secondary N) is 1. The molecular weight excluding hydrogens is 200 g/mol. The van der Waals surface area contributed by atoms with Gasteiger partial charge in [-0.25, -0.2) is 4.98 Å². The van der Waals surface area contributed by atoms with Crippen LogP contribution in [0.1, 0.15) is 26.0 Å². The monoisotopic (exact) mass is 220 g/mol. The van der Waals surface area contributed by atoms with Gasteiger partial charge in [0.25, 0.3) is 0 Å². The number of hydrogen-bond acceptors (Lipinski definition) is 3. The quantitative estimate of drug-likeness (QED) is 0.566. The molecule has 1 aromatic rings. The van der Waals surface area contributed by atoms with Crippen LogP contribution in [0, 0.1) is 0 Å². The third-order valence-corrected chi connectivity index (χ3v) is 2.08. The molecule has 3 heteroatoms. The molecule has 16 heavy (non-hydrogen) atoms. The van der Waals surface area contributed by atoms with Crippen LogP contribution in [0.5, 0.6) is 5.88 Å². The summed E-state index contributed by atoms with van der Waals surface area (Å²) < 4.78 is 5.47. The number of allylic oxidation sites excluding steroid dienone is 1. The fourth-order valence-electron chi connectivity index (χ4n) is 1.26. The molecule has 0 saturated carbocycles. The normalized spacial score (nSPS) is 10.9. The van der Waals surface area contributed by atoms with E-state index >= 15 is 0 Å². The lowest BCUT2D eigenvalue weighted by molar-refractivity contribution is 0.346. The van der Waals surface area contributed by atoms with E-state index in [1.54, 1.807) is 0 Å². The van der Waals surface area contributed by atoms with Crippen molar-refractivity contribution < 1.29 is 4.74 Å². The van der Waals surface area contributed by atoms with Crippen molar-refractivity contribution in [3.05, 3.63) is 36.0 Å². The third kappa shape index (κ3) is 4.94. The summed E-state index contributed by atoms with van der Waals surface area (Å²) in [7, 11) is 0. The third-order valence-electron chi connectivity index (χ3n) is 2.08. The first-order valence-corrected chi connectivity index (χ1v) is 5.77. The van der Waals surface area contributed by atoms with E-state index in [0.717, 1.165) is 25.2 Å². The first-order chi connectivity index (χ1) is 7.86. The highest BCUT2D eigenvalue weighted by atomic mass is 16.5. The Hall–Kier alpha value is -1.35. The molecule has 88 valence electrons. The zero-order valence-corrected chi connectivity index (χ0v) is 10.1. The lowest BCUT2D eigenvalue weighted by Crippen LogP contribution is -2.14. The van der Waals surface area contributed by atoms with Gasteiger partial charge >= 0.3 is 0 Å². The van der Waals surface area contributed by atoms with E-state index < -0.39 is 0 Å². The molecule has 0 spiro atoms. The van der Waals surface area contributed by atoms with Crippen LogP contribution in [0.15, 0.2) is 30.4 Å². The second kappa shape index (κ2) is 7.88. The predicted molar refractivity (Wildman–Crippen MR) is 66.5 cm³/mol. The van der Waals surface area contributed by atoms with Crippen molar-refractivity contribution in [2.24, 2.45) is 0 Å². The highest BCUT2D eigenvalue weighted by molar-refractivity contribution is 5.16. The van der Waals surface area contributed by atoms with Crippen molar-refractivity contribution in [1.29, 1.82) is 0 Å². The first kappa shape index (κ1) is 12.7. The standard InChI is InChI=1S/C13H20N2O/c1-3-5-10-16-13-8-6-7-12(15-13)11-14-9-4-2/h3,5-8,14H,4,9-11H2,1-2H3. The summed E-state index contributed by atoms with van der Waals surface area (Å²) in [5.41, 5.74) is 1.02. The summed E-state index contributed by atoms with van der Waals surface area (Å²) in [5, 5.41) is 3.31. The Morgan fingerprint density at radius 1 is 1.44 bits per heavy atom. The Morgan fingerprint density at radius 3 is 3.06 bits per heavy atom. The Labute approximate surface area is 97.5 Å². The minimum atomic E-state index is 0.579. The summed E-state index contributed by atoms with van der Waals surface area (Å²) in [4.78, 5) is 4.40. The Balaban J connectivity index is 2.43. The van der Waals surface area contributed by atoms with Gasteiger partial charge in [0.15, 0.2) is 0 Å². The van der Waals surface area contributed by atoms with Gasteiger partial charge in [0.1, 0.15) is 6.61 Å². The molecule has 0 atom stereocenters. The van der Waals surface area contributed by atoms with Gasteiger partial charge in [0.2, 0.25) is 5.88 Å². The van der Waals surface area contributed by atoms with Crippen LogP contribution < -0.4 is 10.1 Å². The average molecular weight is 220 g/mol. The SMILES string of the molecule is CC=CCOc1cccc(CNCCC)n1. The number of pyridine rings is 1. The number of hydrogen-bond donors (Lipinski definition) is 1. The maximum atomic E-state index is 5.47. The van der Waals surface area contributed by atoms with Gasteiger partial charge in [0.05, 0.1) is 5.69 Å². The van der Waals surface area contributed by atoms with Crippen molar-refractivity contribution in [1.82, 2.24) is 10.3 Å². The molecule has 0 aliphatic heterocycles. The highest BCUT2D eigenvalue weighted by Crippen LogP contribution is 2.07. The Kier molecular flexibility index (Phi) is 6.26. The molecule has 0 fully saturated rings. The molecule has 0 radical (unpaired) electrons. The lowest BCUT2D eigenvalue weighted by Gasteiger charge is -2.05. The molecule has 0 aromatic carbocycles. The van der Waals surface area contributed by atoms with E-state index in [2.05, 4.69) is 17.2 Å². The topological polar surface area (TPSA) is 34.1 Å². The van der Waals surface area contributed by atoms with Crippen LogP contribution in [0.2, 0.25) is 0 Å². The highest BCUT2D eigenvalue weighted by Gasteiger charge is 1.97. The molecule has 0 saturated heterocycles. The van der Waals surface area contributed by atoms with Crippen LogP contribution in [-0.2, 0) is 6.54 Å². The van der Waals surface area contributed by atoms with Crippen molar-refractivity contribution >= 4 is 0 Å². The lowest BCUT2D eigenvalue weighted by atomic mass is 10.3. The first-order valence-electron chi connectivity index (χ1n) is 5.77. The van der Waals surface area contributed by atoms with Gasteiger partial charge in [-0.2, -0.15) is 0 Å². The number of aromatic nitrogens is 1. The van der Waals surface area contributed by atoms with Crippen molar-refractivity contribution in [2.45, 2.75) is 26.8 Å². The van der Waals surface area contributed by atoms with E-state index in [1.807, 2.05) is 37.3 Å². The number of rotatable bonds is 7. The van der Waals surface area contributed by atoms with E-state index in [4.69, 9.17) is 4.74 Å². The van der Waals surface area contributed by atoms with Crippen LogP contribution >= 0.6 is 0 Å². The minimum absolute atomic E-state index is 0.579. The van der Waals surface area contributed by atoms with Crippen molar-refractivity contribution in [3.8, 4) is 5.88 Å². The molecule has 0 amide bonds. The van der Waals surface area contributed by atoms with Crippen LogP contribution in [-0.4, -0.2) is 18.1 Å². The summed E-state index contributed by atoms with van der Waals surface area (Å²) in [5.74, 6) is 0.689. The molecule has 1 heterocycles. The molecule has 0 unspecified atom stereocenters. The molecule has 3 nitrogen and oxygen atoms in total. The summed E-state index contributed by atoms with van der Waals surface area (Å²) in [6, 6.07) is 5.86. The fourth-order valence-corrected chi connectivity index (χ4v) is 1.26. The fraction of sp³-hybridized carbons (Fsp3) is 0.462. The van der Waals surface area contributed by atoms with Crippen LogP contribution in [0.25, 0.3) is 0 Å². The van der Waals surface area contributed by atoms with Gasteiger partial charge in [0, 0.05) is 12.6 Å². The number of nitrogens with zero attached hydrogens (tertiary/aromatic N) is 1. The van der Waals surface area contributed by atoms with Crippen molar-refractivity contribution in [3.63, 3.8) is 0 Å². The molecule has 0 aliphatic rings. The molecular formula is C13H20N2O. The molecule has 0 aliphatic carbocycles. The summed E-state index contributed by atoms with van der Waals surface area (Å²) in [6.45, 7) is 6.52. The maximum absolute atomic E-state index is 5.47. The Bertz CT molecular complexity index is 323. The second-order valence-corrected chi connectivity index (χ2v) is 3.52. The van der Waals surface area contributed by atoms with Gasteiger partial charge < -0.3 is 10.1 Å². The summed E-state index contributed by atoms with van der Waals surface area (Å²) in [6.07, 6.45) is 5.06. The maximum Gasteiger partial charge on any atom is 0.213 e. The smallest absolute Gasteiger partial charge is 0.213 e. The minimum Gasteiger partial charge on any atom is -0.473 e. The van der Waals surface area contributed by atoms with Crippen molar-refractivity contribution in [2.75, 3.05) is 13.2 Å². The molecule has 1 aromatic heterocycles. The average Bonchev–Trinajstić information content (AvgIpc) is 2.30. The van der Waals surface area contributed by atoms with Gasteiger partial charge in [-0.1, -0.05) is 25.1 Å². The van der Waals surface area contributed by atoms with Gasteiger partial charge in [-0.05, 0) is 26.0 Å². The van der Waals surface area contributed by atoms with E-state index in [0.29, 0.717) is 12.5 Å². The predicted octanol–water partition coefficient (Wildman–Crippen LogP) is 2.54. The van der Waals surface area contributed by atoms with E-state index in [9.17, 15) is 0 Å². The van der Waals surface area contributed by atoms with Gasteiger partial charge in [-0.15, -0.1) is 0 Å². The van der Waals surface area contributed by atoms with Crippen LogP contribution in [0.4, 0.5) is 0 Å². The zero-order chi connectivity index (χ0) is 11.6.